The number of sulfonamides is 1. The summed E-state index contributed by atoms with van der Waals surface area (Å²) in [6.07, 6.45) is 2.53. The molecule has 0 atom stereocenters. The van der Waals surface area contributed by atoms with E-state index in [2.05, 4.69) is 9.71 Å². The smallest absolute Gasteiger partial charge is 0.250 e. The molecular formula is C14H15N3O4S. The molecule has 0 fully saturated rings. The molecule has 22 heavy (non-hydrogen) atoms. The average Bonchev–Trinajstić information content (AvgIpc) is 2.45. The van der Waals surface area contributed by atoms with Crippen LogP contribution in [0.3, 0.4) is 0 Å². The van der Waals surface area contributed by atoms with Crippen LogP contribution in [0.4, 0.5) is 5.69 Å². The van der Waals surface area contributed by atoms with Crippen LogP contribution in [0.1, 0.15) is 10.4 Å². The monoisotopic (exact) mass is 321 g/mol. The summed E-state index contributed by atoms with van der Waals surface area (Å²) >= 11 is 0. The molecule has 1 aromatic heterocycles. The van der Waals surface area contributed by atoms with Crippen molar-refractivity contribution in [2.45, 2.75) is 0 Å². The molecule has 0 unspecified atom stereocenters. The van der Waals surface area contributed by atoms with Gasteiger partial charge in [-0.25, -0.2) is 8.42 Å². The Morgan fingerprint density at radius 1 is 1.32 bits per heavy atom. The molecule has 1 heterocycles. The van der Waals surface area contributed by atoms with E-state index < -0.39 is 15.9 Å². The number of hydrogen-bond donors (Lipinski definition) is 2. The maximum Gasteiger partial charge on any atom is 0.250 e. The van der Waals surface area contributed by atoms with E-state index in [1.807, 2.05) is 0 Å². The lowest BCUT2D eigenvalue weighted by Crippen LogP contribution is -2.14. The van der Waals surface area contributed by atoms with Gasteiger partial charge in [-0.2, -0.15) is 0 Å². The Bertz CT molecular complexity index is 819. The maximum absolute atomic E-state index is 11.5. The van der Waals surface area contributed by atoms with Gasteiger partial charge in [-0.1, -0.05) is 0 Å². The van der Waals surface area contributed by atoms with Gasteiger partial charge in [0.25, 0.3) is 5.91 Å². The minimum atomic E-state index is -3.52. The highest BCUT2D eigenvalue weighted by molar-refractivity contribution is 7.92. The summed E-state index contributed by atoms with van der Waals surface area (Å²) in [5, 5.41) is 0. The summed E-state index contributed by atoms with van der Waals surface area (Å²) in [4.78, 5) is 15.7. The number of carbonyl (C=O) groups excluding carboxylic acids is 1. The number of pyridine rings is 1. The molecule has 3 N–H and O–H groups in total. The fourth-order valence-corrected chi connectivity index (χ4v) is 2.53. The molecule has 2 aromatic rings. The first-order valence-electron chi connectivity index (χ1n) is 6.23. The van der Waals surface area contributed by atoms with Gasteiger partial charge in [0.1, 0.15) is 5.75 Å². The van der Waals surface area contributed by atoms with Gasteiger partial charge in [0.2, 0.25) is 10.0 Å². The summed E-state index contributed by atoms with van der Waals surface area (Å²) < 4.78 is 30.6. The Kier molecular flexibility index (Phi) is 4.32. The highest BCUT2D eigenvalue weighted by Crippen LogP contribution is 2.32. The van der Waals surface area contributed by atoms with Crippen LogP contribution in [0.5, 0.6) is 5.75 Å². The molecule has 1 aromatic carbocycles. The number of nitrogens with one attached hydrogen (secondary N) is 1. The first-order valence-corrected chi connectivity index (χ1v) is 8.12. The predicted molar refractivity (Wildman–Crippen MR) is 83.2 cm³/mol. The van der Waals surface area contributed by atoms with Crippen LogP contribution in [0.15, 0.2) is 36.5 Å². The lowest BCUT2D eigenvalue weighted by molar-refractivity contribution is 0.100. The molecule has 7 nitrogen and oxygen atoms in total. The number of amides is 1. The molecule has 8 heteroatoms. The van der Waals surface area contributed by atoms with Gasteiger partial charge in [0.05, 0.1) is 30.3 Å². The number of hydrogen-bond acceptors (Lipinski definition) is 5. The van der Waals surface area contributed by atoms with Crippen molar-refractivity contribution in [3.63, 3.8) is 0 Å². The quantitative estimate of drug-likeness (QED) is 0.860. The van der Waals surface area contributed by atoms with Crippen molar-refractivity contribution in [3.8, 4) is 17.0 Å². The number of methoxy groups -OCH3 is 1. The number of aromatic nitrogens is 1. The van der Waals surface area contributed by atoms with E-state index in [-0.39, 0.29) is 11.3 Å². The summed E-state index contributed by atoms with van der Waals surface area (Å²) in [6, 6.07) is 7.87. The van der Waals surface area contributed by atoms with Gasteiger partial charge in [0, 0.05) is 17.8 Å². The van der Waals surface area contributed by atoms with Crippen LogP contribution >= 0.6 is 0 Å². The van der Waals surface area contributed by atoms with E-state index in [9.17, 15) is 13.2 Å². The Morgan fingerprint density at radius 2 is 2.05 bits per heavy atom. The Hall–Kier alpha value is -2.61. The van der Waals surface area contributed by atoms with Gasteiger partial charge >= 0.3 is 0 Å². The molecule has 2 rings (SSSR count). The van der Waals surface area contributed by atoms with Crippen molar-refractivity contribution >= 4 is 21.6 Å². The van der Waals surface area contributed by atoms with E-state index in [4.69, 9.17) is 10.5 Å². The normalized spacial score (nSPS) is 11.0. The molecule has 0 radical (unpaired) electrons. The minimum Gasteiger partial charge on any atom is -0.497 e. The number of nitrogens with two attached hydrogens (primary N) is 1. The largest absolute Gasteiger partial charge is 0.497 e. The molecule has 1 amide bonds. The van der Waals surface area contributed by atoms with Crippen LogP contribution in [0.25, 0.3) is 11.3 Å². The fraction of sp³-hybridized carbons (Fsp3) is 0.143. The number of nitrogens with zero attached hydrogens (tertiary/aromatic N) is 1. The molecule has 0 aliphatic rings. The lowest BCUT2D eigenvalue weighted by atomic mass is 10.0. The fourth-order valence-electron chi connectivity index (χ4n) is 1.96. The minimum absolute atomic E-state index is 0.198. The molecular weight excluding hydrogens is 306 g/mol. The summed E-state index contributed by atoms with van der Waals surface area (Å²) in [6.45, 7) is 0. The lowest BCUT2D eigenvalue weighted by Gasteiger charge is -2.13. The molecule has 0 bridgehead atoms. The van der Waals surface area contributed by atoms with Gasteiger partial charge in [0.15, 0.2) is 0 Å². The van der Waals surface area contributed by atoms with Gasteiger partial charge < -0.3 is 10.5 Å². The number of ether oxygens (including phenoxy) is 1. The molecule has 0 saturated heterocycles. The number of primary amides is 1. The van der Waals surface area contributed by atoms with Crippen molar-refractivity contribution in [2.24, 2.45) is 5.73 Å². The number of anilines is 1. The van der Waals surface area contributed by atoms with Crippen LogP contribution < -0.4 is 15.2 Å². The molecule has 0 saturated carbocycles. The molecule has 116 valence electrons. The van der Waals surface area contributed by atoms with Crippen molar-refractivity contribution in [3.05, 3.63) is 42.1 Å². The zero-order chi connectivity index (χ0) is 16.3. The van der Waals surface area contributed by atoms with Crippen molar-refractivity contribution in [2.75, 3.05) is 18.1 Å². The third kappa shape index (κ3) is 3.53. The Morgan fingerprint density at radius 3 is 2.64 bits per heavy atom. The Balaban J connectivity index is 2.67. The maximum atomic E-state index is 11.5. The van der Waals surface area contributed by atoms with Crippen molar-refractivity contribution in [1.82, 2.24) is 4.98 Å². The average molecular weight is 321 g/mol. The van der Waals surface area contributed by atoms with Gasteiger partial charge in [-0.3, -0.25) is 14.5 Å². The molecule has 0 spiro atoms. The van der Waals surface area contributed by atoms with E-state index in [0.717, 1.165) is 6.26 Å². The topological polar surface area (TPSA) is 111 Å². The highest BCUT2D eigenvalue weighted by Gasteiger charge is 2.17. The van der Waals surface area contributed by atoms with Gasteiger partial charge in [-0.05, 0) is 24.3 Å². The standard InChI is InChI=1S/C14H15N3O4S/c1-21-9-5-6-10(12(8-9)17-22(2,19)20)13-11(14(15)18)4-3-7-16-13/h3-8,17H,1-2H3,(H2,15,18). The van der Waals surface area contributed by atoms with E-state index in [0.29, 0.717) is 17.0 Å². The van der Waals surface area contributed by atoms with E-state index >= 15 is 0 Å². The summed E-state index contributed by atoms with van der Waals surface area (Å²) in [7, 11) is -2.05. The van der Waals surface area contributed by atoms with E-state index in [1.165, 1.54) is 25.4 Å². The zero-order valence-electron chi connectivity index (χ0n) is 12.0. The van der Waals surface area contributed by atoms with E-state index in [1.54, 1.807) is 18.2 Å². The SMILES string of the molecule is COc1ccc(-c2ncccc2C(N)=O)c(NS(C)(=O)=O)c1. The summed E-state index contributed by atoms with van der Waals surface area (Å²) in [5.74, 6) is -0.185. The third-order valence-corrected chi connectivity index (χ3v) is 3.44. The first-order chi connectivity index (χ1) is 10.3. The predicted octanol–water partition coefficient (Wildman–Crippen LogP) is 1.23. The van der Waals surface area contributed by atoms with Gasteiger partial charge in [-0.15, -0.1) is 0 Å². The first kappa shape index (κ1) is 15.8. The van der Waals surface area contributed by atoms with Crippen LogP contribution in [0, 0.1) is 0 Å². The second-order valence-electron chi connectivity index (χ2n) is 4.55. The van der Waals surface area contributed by atoms with Crippen molar-refractivity contribution < 1.29 is 17.9 Å². The second-order valence-corrected chi connectivity index (χ2v) is 6.30. The molecule has 0 aliphatic carbocycles. The third-order valence-electron chi connectivity index (χ3n) is 2.85. The Labute approximate surface area is 128 Å². The van der Waals surface area contributed by atoms with Crippen LogP contribution in [-0.2, 0) is 10.0 Å². The second kappa shape index (κ2) is 6.02. The number of carbonyl (C=O) groups is 1. The summed E-state index contributed by atoms with van der Waals surface area (Å²) in [5.41, 5.74) is 6.52. The zero-order valence-corrected chi connectivity index (χ0v) is 12.8. The van der Waals surface area contributed by atoms with Crippen molar-refractivity contribution in [1.29, 1.82) is 0 Å². The van der Waals surface area contributed by atoms with Crippen LogP contribution in [-0.4, -0.2) is 32.7 Å². The highest BCUT2D eigenvalue weighted by atomic mass is 32.2. The van der Waals surface area contributed by atoms with Crippen LogP contribution in [0.2, 0.25) is 0 Å². The number of rotatable bonds is 5. The number of benzene rings is 1. The molecule has 0 aliphatic heterocycles.